The molecule has 0 amide bonds. The lowest BCUT2D eigenvalue weighted by Gasteiger charge is -2.10. The van der Waals surface area contributed by atoms with E-state index in [2.05, 4.69) is 20.1 Å². The molecule has 0 bridgehead atoms. The summed E-state index contributed by atoms with van der Waals surface area (Å²) in [5.74, 6) is -0.111. The average molecular weight is 483 g/mol. The van der Waals surface area contributed by atoms with Crippen molar-refractivity contribution >= 4 is 35.6 Å². The number of guanidine groups is 1. The molecule has 0 unspecified atom stereocenters. The number of aromatic nitrogens is 2. The van der Waals surface area contributed by atoms with E-state index in [0.717, 1.165) is 17.0 Å². The number of nitrogens with one attached hydrogen (secondary N) is 1. The maximum Gasteiger partial charge on any atom is 0.573 e. The summed E-state index contributed by atoms with van der Waals surface area (Å²) >= 11 is 0. The summed E-state index contributed by atoms with van der Waals surface area (Å²) in [6, 6.07) is 5.26. The molecule has 0 spiro atoms. The Kier molecular flexibility index (Phi) is 7.72. The largest absolute Gasteiger partial charge is 0.573 e. The first-order valence-electron chi connectivity index (χ1n) is 7.57. The van der Waals surface area contributed by atoms with E-state index in [1.54, 1.807) is 0 Å². The zero-order chi connectivity index (χ0) is 18.6. The summed E-state index contributed by atoms with van der Waals surface area (Å²) in [4.78, 5) is 4.22. The molecular formula is C16H21F3IN5O. The van der Waals surface area contributed by atoms with Crippen LogP contribution in [0.25, 0.3) is 0 Å². The smallest absolute Gasteiger partial charge is 0.406 e. The second-order valence-electron chi connectivity index (χ2n) is 5.49. The first kappa shape index (κ1) is 22.1. The van der Waals surface area contributed by atoms with E-state index in [-0.39, 0.29) is 35.7 Å². The minimum absolute atomic E-state index is 0. The van der Waals surface area contributed by atoms with E-state index in [0.29, 0.717) is 18.7 Å². The monoisotopic (exact) mass is 483 g/mol. The standard InChI is InChI=1S/C16H20F3N5O.HI/c1-10-14(11(2)24(3)23-10)8-9-21-15(20)22-12-4-6-13(7-5-12)25-16(17,18)19;/h4-7H,8-9H2,1-3H3,(H3,20,21,22);1H. The van der Waals surface area contributed by atoms with Crippen LogP contribution in [0.2, 0.25) is 0 Å². The van der Waals surface area contributed by atoms with Crippen molar-refractivity contribution in [1.82, 2.24) is 9.78 Å². The Balaban J connectivity index is 0.00000338. The van der Waals surface area contributed by atoms with E-state index in [9.17, 15) is 13.2 Å². The molecule has 3 N–H and O–H groups in total. The normalized spacial score (nSPS) is 11.8. The second-order valence-corrected chi connectivity index (χ2v) is 5.49. The number of hydrogen-bond donors (Lipinski definition) is 2. The minimum atomic E-state index is -4.71. The molecule has 144 valence electrons. The SMILES string of the molecule is Cc1nn(C)c(C)c1CCN=C(N)Nc1ccc(OC(F)(F)F)cc1.I. The van der Waals surface area contributed by atoms with Crippen molar-refractivity contribution in [2.45, 2.75) is 26.6 Å². The molecule has 1 aromatic heterocycles. The topological polar surface area (TPSA) is 77.5 Å². The van der Waals surface area contributed by atoms with Crippen molar-refractivity contribution in [3.05, 3.63) is 41.2 Å². The predicted octanol–water partition coefficient (Wildman–Crippen LogP) is 3.52. The lowest BCUT2D eigenvalue weighted by atomic mass is 10.1. The second kappa shape index (κ2) is 9.10. The average Bonchev–Trinajstić information content (AvgIpc) is 2.74. The van der Waals surface area contributed by atoms with Crippen LogP contribution in [-0.2, 0) is 13.5 Å². The highest BCUT2D eigenvalue weighted by Gasteiger charge is 2.30. The van der Waals surface area contributed by atoms with Crippen LogP contribution in [0.1, 0.15) is 17.0 Å². The van der Waals surface area contributed by atoms with Crippen LogP contribution in [-0.4, -0.2) is 28.6 Å². The van der Waals surface area contributed by atoms with Gasteiger partial charge in [0, 0.05) is 25.0 Å². The van der Waals surface area contributed by atoms with E-state index >= 15 is 0 Å². The molecule has 10 heteroatoms. The zero-order valence-electron chi connectivity index (χ0n) is 14.6. The molecule has 1 aromatic carbocycles. The van der Waals surface area contributed by atoms with E-state index < -0.39 is 6.36 Å². The molecule has 0 radical (unpaired) electrons. The molecule has 0 atom stereocenters. The molecule has 0 saturated heterocycles. The van der Waals surface area contributed by atoms with E-state index in [1.165, 1.54) is 24.3 Å². The summed E-state index contributed by atoms with van der Waals surface area (Å²) in [6.45, 7) is 4.41. The van der Waals surface area contributed by atoms with E-state index in [1.807, 2.05) is 25.6 Å². The fourth-order valence-corrected chi connectivity index (χ4v) is 2.39. The number of ether oxygens (including phenoxy) is 1. The fraction of sp³-hybridized carbons (Fsp3) is 0.375. The fourth-order valence-electron chi connectivity index (χ4n) is 2.39. The first-order valence-corrected chi connectivity index (χ1v) is 7.57. The third-order valence-electron chi connectivity index (χ3n) is 3.66. The van der Waals surface area contributed by atoms with Crippen LogP contribution in [0.4, 0.5) is 18.9 Å². The Bertz CT molecular complexity index is 756. The number of halogens is 4. The number of hydrogen-bond acceptors (Lipinski definition) is 3. The van der Waals surface area contributed by atoms with Gasteiger partial charge in [0.1, 0.15) is 5.75 Å². The number of alkyl halides is 3. The summed E-state index contributed by atoms with van der Waals surface area (Å²) in [5, 5.41) is 7.16. The van der Waals surface area contributed by atoms with Crippen LogP contribution in [0.3, 0.4) is 0 Å². The molecular weight excluding hydrogens is 462 g/mol. The van der Waals surface area contributed by atoms with Gasteiger partial charge in [-0.2, -0.15) is 5.10 Å². The molecule has 2 aromatic rings. The van der Waals surface area contributed by atoms with Crippen LogP contribution in [0.5, 0.6) is 5.75 Å². The highest BCUT2D eigenvalue weighted by atomic mass is 127. The van der Waals surface area contributed by atoms with Gasteiger partial charge in [-0.3, -0.25) is 9.67 Å². The summed E-state index contributed by atoms with van der Waals surface area (Å²) in [7, 11) is 1.89. The zero-order valence-corrected chi connectivity index (χ0v) is 16.9. The van der Waals surface area contributed by atoms with Gasteiger partial charge < -0.3 is 15.8 Å². The Morgan fingerprint density at radius 2 is 1.88 bits per heavy atom. The maximum absolute atomic E-state index is 12.1. The summed E-state index contributed by atoms with van der Waals surface area (Å²) < 4.78 is 41.9. The maximum atomic E-state index is 12.1. The van der Waals surface area contributed by atoms with Crippen molar-refractivity contribution < 1.29 is 17.9 Å². The molecule has 6 nitrogen and oxygen atoms in total. The van der Waals surface area contributed by atoms with Gasteiger partial charge in [-0.1, -0.05) is 0 Å². The van der Waals surface area contributed by atoms with Gasteiger partial charge in [0.15, 0.2) is 5.96 Å². The van der Waals surface area contributed by atoms with Gasteiger partial charge in [-0.05, 0) is 50.1 Å². The number of benzene rings is 1. The van der Waals surface area contributed by atoms with Gasteiger partial charge in [-0.15, -0.1) is 37.1 Å². The van der Waals surface area contributed by atoms with E-state index in [4.69, 9.17) is 5.73 Å². The van der Waals surface area contributed by atoms with Crippen molar-refractivity contribution in [3.8, 4) is 5.75 Å². The molecule has 0 aliphatic rings. The molecule has 0 aliphatic heterocycles. The first-order chi connectivity index (χ1) is 11.7. The molecule has 1 heterocycles. The lowest BCUT2D eigenvalue weighted by molar-refractivity contribution is -0.274. The van der Waals surface area contributed by atoms with Crippen molar-refractivity contribution in [3.63, 3.8) is 0 Å². The molecule has 0 aliphatic carbocycles. The highest BCUT2D eigenvalue weighted by molar-refractivity contribution is 14.0. The number of rotatable bonds is 5. The molecule has 0 saturated carbocycles. The van der Waals surface area contributed by atoms with Crippen LogP contribution < -0.4 is 15.8 Å². The van der Waals surface area contributed by atoms with Crippen molar-refractivity contribution in [1.29, 1.82) is 0 Å². The Morgan fingerprint density at radius 1 is 1.27 bits per heavy atom. The summed E-state index contributed by atoms with van der Waals surface area (Å²) in [5.41, 5.74) is 9.49. The minimum Gasteiger partial charge on any atom is -0.406 e. The van der Waals surface area contributed by atoms with Crippen molar-refractivity contribution in [2.75, 3.05) is 11.9 Å². The molecule has 26 heavy (non-hydrogen) atoms. The number of anilines is 1. The Morgan fingerprint density at radius 3 is 2.38 bits per heavy atom. The van der Waals surface area contributed by atoms with Gasteiger partial charge in [0.25, 0.3) is 0 Å². The van der Waals surface area contributed by atoms with Gasteiger partial charge in [0.2, 0.25) is 0 Å². The number of aliphatic imine (C=N–C) groups is 1. The van der Waals surface area contributed by atoms with Gasteiger partial charge >= 0.3 is 6.36 Å². The van der Waals surface area contributed by atoms with Crippen LogP contribution in [0.15, 0.2) is 29.3 Å². The molecule has 2 rings (SSSR count). The van der Waals surface area contributed by atoms with Crippen molar-refractivity contribution in [2.24, 2.45) is 17.8 Å². The number of aryl methyl sites for hydroxylation is 2. The Hall–Kier alpha value is -1.98. The highest BCUT2D eigenvalue weighted by Crippen LogP contribution is 2.23. The third-order valence-corrected chi connectivity index (χ3v) is 3.66. The number of nitrogens with two attached hydrogens (primary N) is 1. The number of nitrogens with zero attached hydrogens (tertiary/aromatic N) is 3. The quantitative estimate of drug-likeness (QED) is 0.388. The summed E-state index contributed by atoms with van der Waals surface area (Å²) in [6.07, 6.45) is -4.01. The van der Waals surface area contributed by atoms with Gasteiger partial charge in [0.05, 0.1) is 5.69 Å². The molecule has 0 fully saturated rings. The van der Waals surface area contributed by atoms with Gasteiger partial charge in [-0.25, -0.2) is 0 Å². The van der Waals surface area contributed by atoms with Crippen LogP contribution >= 0.6 is 24.0 Å². The Labute approximate surface area is 166 Å². The van der Waals surface area contributed by atoms with Crippen LogP contribution in [0, 0.1) is 13.8 Å². The third kappa shape index (κ3) is 6.39. The predicted molar refractivity (Wildman–Crippen MR) is 105 cm³/mol. The lowest BCUT2D eigenvalue weighted by Crippen LogP contribution is -2.23.